The van der Waals surface area contributed by atoms with Crippen molar-refractivity contribution in [3.8, 4) is 0 Å². The Labute approximate surface area is 87.4 Å². The summed E-state index contributed by atoms with van der Waals surface area (Å²) in [6.45, 7) is 4.66. The number of rotatable bonds is 5. The molecule has 1 heterocycles. The van der Waals surface area contributed by atoms with E-state index >= 15 is 0 Å². The standard InChI is InChI=1S/C8H15N5O2/c1-5(2)3-13(4-6(9)14)8-12-11-7(10)15-8/h5H,3-4H2,1-2H3,(H2,9,14)(H2,10,11). The maximum absolute atomic E-state index is 10.8. The van der Waals surface area contributed by atoms with Crippen LogP contribution in [-0.4, -0.2) is 29.2 Å². The molecule has 0 atom stereocenters. The van der Waals surface area contributed by atoms with Crippen molar-refractivity contribution in [2.75, 3.05) is 23.7 Å². The molecular weight excluding hydrogens is 198 g/mol. The molecule has 0 saturated carbocycles. The molecule has 0 saturated heterocycles. The van der Waals surface area contributed by atoms with E-state index in [0.717, 1.165) is 0 Å². The summed E-state index contributed by atoms with van der Waals surface area (Å²) in [5.41, 5.74) is 10.4. The third kappa shape index (κ3) is 3.45. The molecule has 0 aromatic carbocycles. The molecule has 1 aromatic rings. The number of nitrogen functional groups attached to an aromatic ring is 1. The molecule has 0 radical (unpaired) electrons. The topological polar surface area (TPSA) is 111 Å². The molecule has 7 nitrogen and oxygen atoms in total. The number of anilines is 2. The number of aromatic nitrogens is 2. The first kappa shape index (κ1) is 11.3. The summed E-state index contributed by atoms with van der Waals surface area (Å²) < 4.78 is 5.02. The lowest BCUT2D eigenvalue weighted by atomic mass is 10.2. The number of nitrogens with two attached hydrogens (primary N) is 2. The van der Waals surface area contributed by atoms with Gasteiger partial charge in [0.25, 0.3) is 0 Å². The van der Waals surface area contributed by atoms with E-state index in [9.17, 15) is 4.79 Å². The van der Waals surface area contributed by atoms with Crippen molar-refractivity contribution >= 4 is 17.9 Å². The van der Waals surface area contributed by atoms with Crippen LogP contribution < -0.4 is 16.4 Å². The minimum atomic E-state index is -0.451. The highest BCUT2D eigenvalue weighted by Gasteiger charge is 2.16. The van der Waals surface area contributed by atoms with Gasteiger partial charge < -0.3 is 20.8 Å². The first-order valence-electron chi connectivity index (χ1n) is 4.61. The summed E-state index contributed by atoms with van der Waals surface area (Å²) in [4.78, 5) is 12.4. The Hall–Kier alpha value is -1.79. The Morgan fingerprint density at radius 2 is 2.20 bits per heavy atom. The van der Waals surface area contributed by atoms with Crippen LogP contribution in [-0.2, 0) is 4.79 Å². The summed E-state index contributed by atoms with van der Waals surface area (Å²) in [6.07, 6.45) is 0. The lowest BCUT2D eigenvalue weighted by Gasteiger charge is -2.20. The van der Waals surface area contributed by atoms with Crippen molar-refractivity contribution in [3.63, 3.8) is 0 Å². The van der Waals surface area contributed by atoms with Crippen molar-refractivity contribution in [1.82, 2.24) is 10.2 Å². The molecule has 84 valence electrons. The number of hydrogen-bond donors (Lipinski definition) is 2. The first-order chi connectivity index (χ1) is 6.99. The van der Waals surface area contributed by atoms with Gasteiger partial charge in [-0.15, -0.1) is 0 Å². The molecule has 4 N–H and O–H groups in total. The molecule has 1 aromatic heterocycles. The molecule has 0 bridgehead atoms. The van der Waals surface area contributed by atoms with Crippen molar-refractivity contribution in [1.29, 1.82) is 0 Å². The number of carbonyl (C=O) groups is 1. The van der Waals surface area contributed by atoms with E-state index in [1.165, 1.54) is 0 Å². The number of primary amides is 1. The highest BCUT2D eigenvalue weighted by molar-refractivity contribution is 5.78. The van der Waals surface area contributed by atoms with E-state index in [1.807, 2.05) is 13.8 Å². The van der Waals surface area contributed by atoms with Crippen LogP contribution in [0, 0.1) is 5.92 Å². The van der Waals surface area contributed by atoms with Crippen LogP contribution in [0.15, 0.2) is 4.42 Å². The second kappa shape index (κ2) is 4.63. The number of amides is 1. The smallest absolute Gasteiger partial charge is 0.319 e. The molecule has 0 aliphatic rings. The van der Waals surface area contributed by atoms with Crippen LogP contribution in [0.1, 0.15) is 13.8 Å². The normalized spacial score (nSPS) is 10.6. The first-order valence-corrected chi connectivity index (χ1v) is 4.61. The van der Waals surface area contributed by atoms with E-state index in [4.69, 9.17) is 15.9 Å². The van der Waals surface area contributed by atoms with Gasteiger partial charge in [-0.2, -0.15) is 0 Å². The fourth-order valence-electron chi connectivity index (χ4n) is 1.19. The van der Waals surface area contributed by atoms with E-state index in [-0.39, 0.29) is 18.6 Å². The highest BCUT2D eigenvalue weighted by atomic mass is 16.4. The largest absolute Gasteiger partial charge is 0.390 e. The van der Waals surface area contributed by atoms with Crippen molar-refractivity contribution < 1.29 is 9.21 Å². The van der Waals surface area contributed by atoms with Crippen molar-refractivity contribution in [2.24, 2.45) is 11.7 Å². The zero-order valence-electron chi connectivity index (χ0n) is 8.80. The Kier molecular flexibility index (Phi) is 3.48. The third-order valence-electron chi connectivity index (χ3n) is 1.63. The zero-order chi connectivity index (χ0) is 11.4. The monoisotopic (exact) mass is 213 g/mol. The van der Waals surface area contributed by atoms with Crippen molar-refractivity contribution in [2.45, 2.75) is 13.8 Å². The van der Waals surface area contributed by atoms with Crippen LogP contribution in [0.3, 0.4) is 0 Å². The molecular formula is C8H15N5O2. The van der Waals surface area contributed by atoms with Crippen molar-refractivity contribution in [3.05, 3.63) is 0 Å². The van der Waals surface area contributed by atoms with Crippen LogP contribution in [0.2, 0.25) is 0 Å². The molecule has 0 aliphatic heterocycles. The molecule has 15 heavy (non-hydrogen) atoms. The van der Waals surface area contributed by atoms with Gasteiger partial charge >= 0.3 is 12.0 Å². The predicted molar refractivity (Wildman–Crippen MR) is 55.0 cm³/mol. The fourth-order valence-corrected chi connectivity index (χ4v) is 1.19. The highest BCUT2D eigenvalue weighted by Crippen LogP contribution is 2.14. The van der Waals surface area contributed by atoms with Gasteiger partial charge in [-0.1, -0.05) is 24.0 Å². The zero-order valence-corrected chi connectivity index (χ0v) is 8.80. The van der Waals surface area contributed by atoms with Gasteiger partial charge in [0.05, 0.1) is 0 Å². The third-order valence-corrected chi connectivity index (χ3v) is 1.63. The van der Waals surface area contributed by atoms with Gasteiger partial charge in [0, 0.05) is 6.54 Å². The van der Waals surface area contributed by atoms with E-state index in [2.05, 4.69) is 10.2 Å². The molecule has 0 fully saturated rings. The molecule has 7 heteroatoms. The van der Waals surface area contributed by atoms with Crippen LogP contribution in [0.4, 0.5) is 12.0 Å². The molecule has 0 unspecified atom stereocenters. The number of hydrogen-bond acceptors (Lipinski definition) is 6. The van der Waals surface area contributed by atoms with Crippen LogP contribution in [0.5, 0.6) is 0 Å². The minimum absolute atomic E-state index is 0.0248. The van der Waals surface area contributed by atoms with E-state index in [1.54, 1.807) is 4.90 Å². The average molecular weight is 213 g/mol. The maximum atomic E-state index is 10.8. The number of carbonyl (C=O) groups excluding carboxylic acids is 1. The second-order valence-electron chi connectivity index (χ2n) is 3.66. The average Bonchev–Trinajstić information content (AvgIpc) is 2.48. The Bertz CT molecular complexity index is 336. The maximum Gasteiger partial charge on any atom is 0.319 e. The Morgan fingerprint density at radius 1 is 1.53 bits per heavy atom. The second-order valence-corrected chi connectivity index (χ2v) is 3.66. The SMILES string of the molecule is CC(C)CN(CC(N)=O)c1nnc(N)o1. The van der Waals surface area contributed by atoms with Crippen LogP contribution in [0.25, 0.3) is 0 Å². The van der Waals surface area contributed by atoms with Gasteiger partial charge in [0.1, 0.15) is 6.54 Å². The molecule has 1 amide bonds. The summed E-state index contributed by atoms with van der Waals surface area (Å²) in [5, 5.41) is 7.22. The predicted octanol–water partition coefficient (Wildman–Crippen LogP) is -0.400. The molecule has 1 rings (SSSR count). The van der Waals surface area contributed by atoms with Gasteiger partial charge in [0.15, 0.2) is 0 Å². The summed E-state index contributed by atoms with van der Waals surface area (Å²) in [7, 11) is 0. The molecule has 0 aliphatic carbocycles. The fraction of sp³-hybridized carbons (Fsp3) is 0.625. The quantitative estimate of drug-likeness (QED) is 0.688. The Balaban J connectivity index is 2.75. The molecule has 0 spiro atoms. The van der Waals surface area contributed by atoms with E-state index < -0.39 is 5.91 Å². The van der Waals surface area contributed by atoms with Gasteiger partial charge in [0.2, 0.25) is 5.91 Å². The minimum Gasteiger partial charge on any atom is -0.390 e. The summed E-state index contributed by atoms with van der Waals surface area (Å²) in [6, 6.07) is 0.197. The lowest BCUT2D eigenvalue weighted by Crippen LogP contribution is -2.36. The van der Waals surface area contributed by atoms with Gasteiger partial charge in [-0.3, -0.25) is 4.79 Å². The van der Waals surface area contributed by atoms with Gasteiger partial charge in [-0.25, -0.2) is 0 Å². The van der Waals surface area contributed by atoms with E-state index in [0.29, 0.717) is 12.5 Å². The van der Waals surface area contributed by atoms with Gasteiger partial charge in [-0.05, 0) is 5.92 Å². The summed E-state index contributed by atoms with van der Waals surface area (Å²) >= 11 is 0. The number of nitrogens with zero attached hydrogens (tertiary/aromatic N) is 3. The lowest BCUT2D eigenvalue weighted by molar-refractivity contribution is -0.116. The van der Waals surface area contributed by atoms with Crippen LogP contribution >= 0.6 is 0 Å². The summed E-state index contributed by atoms with van der Waals surface area (Å²) in [5.74, 6) is -0.107. The Morgan fingerprint density at radius 3 is 2.60 bits per heavy atom.